The first-order valence-corrected chi connectivity index (χ1v) is 2.89. The molecule has 5 nitrogen and oxygen atoms in total. The van der Waals surface area contributed by atoms with Crippen LogP contribution in [-0.2, 0) is 0 Å². The molecule has 0 unspecified atom stereocenters. The molecule has 6 heteroatoms. The van der Waals surface area contributed by atoms with E-state index in [0.717, 1.165) is 0 Å². The van der Waals surface area contributed by atoms with E-state index in [1.807, 2.05) is 0 Å². The molecule has 0 saturated heterocycles. The lowest BCUT2D eigenvalue weighted by Crippen LogP contribution is -1.91. The zero-order valence-electron chi connectivity index (χ0n) is 5.37. The maximum Gasteiger partial charge on any atom is 0.289 e. The third-order valence-electron chi connectivity index (χ3n) is 1.29. The van der Waals surface area contributed by atoms with Gasteiger partial charge in [0.15, 0.2) is 11.5 Å². The van der Waals surface area contributed by atoms with Crippen LogP contribution in [0, 0.1) is 6.08 Å². The van der Waals surface area contributed by atoms with Gasteiger partial charge in [-0.1, -0.05) is 0 Å². The fourth-order valence-corrected chi connectivity index (χ4v) is 0.818. The Labute approximate surface area is 60.5 Å². The molecule has 0 atom stereocenters. The number of nitrogen functional groups attached to an aromatic ring is 1. The monoisotopic (exact) mass is 153 g/mol. The molecule has 2 rings (SSSR count). The number of rotatable bonds is 0. The van der Waals surface area contributed by atoms with Crippen LogP contribution in [0.3, 0.4) is 0 Å². The number of aromatic nitrogens is 4. The summed E-state index contributed by atoms with van der Waals surface area (Å²) < 4.78 is 12.4. The van der Waals surface area contributed by atoms with Crippen molar-refractivity contribution in [2.75, 3.05) is 5.73 Å². The topological polar surface area (TPSA) is 80.5 Å². The number of halogens is 1. The zero-order chi connectivity index (χ0) is 7.84. The Balaban J connectivity index is 2.90. The van der Waals surface area contributed by atoms with Crippen molar-refractivity contribution >= 4 is 17.0 Å². The van der Waals surface area contributed by atoms with Crippen LogP contribution in [-0.4, -0.2) is 19.9 Å². The van der Waals surface area contributed by atoms with Crippen LogP contribution in [0.5, 0.6) is 0 Å². The van der Waals surface area contributed by atoms with Crippen molar-refractivity contribution in [1.29, 1.82) is 0 Å². The Bertz CT molecular complexity index is 395. The Kier molecular flexibility index (Phi) is 1.03. The second-order valence-corrected chi connectivity index (χ2v) is 1.99. The van der Waals surface area contributed by atoms with Crippen molar-refractivity contribution in [3.63, 3.8) is 0 Å². The maximum absolute atomic E-state index is 12.4. The van der Waals surface area contributed by atoms with E-state index in [1.165, 1.54) is 6.33 Å². The second-order valence-electron chi connectivity index (χ2n) is 1.99. The highest BCUT2D eigenvalue weighted by Gasteiger charge is 2.05. The summed E-state index contributed by atoms with van der Waals surface area (Å²) >= 11 is 0. The standard InChI is InChI=1S/C5H4FN5/c6-5-10-2-3(7)8-1-9-4(2)11-5/h1H,(H3,7,8,9,10,11). The molecule has 2 aromatic rings. The van der Waals surface area contributed by atoms with Crippen molar-refractivity contribution in [1.82, 2.24) is 19.9 Å². The largest absolute Gasteiger partial charge is 0.382 e. The summed E-state index contributed by atoms with van der Waals surface area (Å²) in [5.41, 5.74) is 5.96. The van der Waals surface area contributed by atoms with Gasteiger partial charge in [0, 0.05) is 0 Å². The van der Waals surface area contributed by atoms with Crippen molar-refractivity contribution in [2.45, 2.75) is 0 Å². The van der Waals surface area contributed by atoms with E-state index in [2.05, 4.69) is 19.9 Å². The normalized spacial score (nSPS) is 10.6. The van der Waals surface area contributed by atoms with Crippen LogP contribution in [0.25, 0.3) is 11.2 Å². The Morgan fingerprint density at radius 1 is 1.45 bits per heavy atom. The van der Waals surface area contributed by atoms with Gasteiger partial charge < -0.3 is 10.7 Å². The number of nitrogens with zero attached hydrogens (tertiary/aromatic N) is 3. The number of hydrogen-bond acceptors (Lipinski definition) is 4. The van der Waals surface area contributed by atoms with Gasteiger partial charge in [-0.2, -0.15) is 9.37 Å². The summed E-state index contributed by atoms with van der Waals surface area (Å²) in [5.74, 6) is 0.200. The average molecular weight is 153 g/mol. The van der Waals surface area contributed by atoms with Gasteiger partial charge in [-0.25, -0.2) is 9.97 Å². The summed E-state index contributed by atoms with van der Waals surface area (Å²) in [7, 11) is 0. The molecule has 56 valence electrons. The van der Waals surface area contributed by atoms with E-state index in [-0.39, 0.29) is 11.5 Å². The minimum absolute atomic E-state index is 0.200. The van der Waals surface area contributed by atoms with Gasteiger partial charge in [0.2, 0.25) is 0 Å². The van der Waals surface area contributed by atoms with Gasteiger partial charge in [0.05, 0.1) is 0 Å². The molecular weight excluding hydrogens is 149 g/mol. The molecule has 2 heterocycles. The third-order valence-corrected chi connectivity index (χ3v) is 1.29. The number of fused-ring (bicyclic) bond motifs is 1. The van der Waals surface area contributed by atoms with Crippen LogP contribution < -0.4 is 5.73 Å². The van der Waals surface area contributed by atoms with Crippen molar-refractivity contribution in [2.24, 2.45) is 0 Å². The first-order valence-electron chi connectivity index (χ1n) is 2.89. The third kappa shape index (κ3) is 0.794. The molecule has 0 amide bonds. The lowest BCUT2D eigenvalue weighted by molar-refractivity contribution is 0.556. The summed E-state index contributed by atoms with van der Waals surface area (Å²) in [4.78, 5) is 13.1. The van der Waals surface area contributed by atoms with Gasteiger partial charge in [-0.05, 0) is 0 Å². The summed E-state index contributed by atoms with van der Waals surface area (Å²) in [6.45, 7) is 0. The molecule has 0 radical (unpaired) electrons. The molecule has 0 aliphatic heterocycles. The molecule has 3 N–H and O–H groups in total. The smallest absolute Gasteiger partial charge is 0.289 e. The van der Waals surface area contributed by atoms with Gasteiger partial charge in [0.1, 0.15) is 11.8 Å². The number of anilines is 1. The van der Waals surface area contributed by atoms with Crippen LogP contribution in [0.15, 0.2) is 6.33 Å². The lowest BCUT2D eigenvalue weighted by atomic mass is 10.5. The van der Waals surface area contributed by atoms with Crippen LogP contribution in [0.1, 0.15) is 0 Å². The molecule has 0 aliphatic rings. The first-order chi connectivity index (χ1) is 5.27. The number of nitrogens with one attached hydrogen (secondary N) is 1. The molecular formula is C5H4FN5. The Hall–Kier alpha value is -1.72. The lowest BCUT2D eigenvalue weighted by Gasteiger charge is -1.89. The Morgan fingerprint density at radius 3 is 3.00 bits per heavy atom. The van der Waals surface area contributed by atoms with E-state index in [9.17, 15) is 4.39 Å². The summed E-state index contributed by atoms with van der Waals surface area (Å²) in [6, 6.07) is 0. The first kappa shape index (κ1) is 6.02. The summed E-state index contributed by atoms with van der Waals surface area (Å²) in [5, 5.41) is 0. The SMILES string of the molecule is Nc1ncnc2nc(F)[nH]c12. The minimum atomic E-state index is -0.702. The molecule has 0 spiro atoms. The number of aromatic amines is 1. The van der Waals surface area contributed by atoms with E-state index in [1.54, 1.807) is 0 Å². The average Bonchev–Trinajstić information content (AvgIpc) is 2.31. The van der Waals surface area contributed by atoms with Crippen molar-refractivity contribution in [3.05, 3.63) is 12.4 Å². The van der Waals surface area contributed by atoms with Crippen molar-refractivity contribution < 1.29 is 4.39 Å². The highest BCUT2D eigenvalue weighted by atomic mass is 19.1. The zero-order valence-corrected chi connectivity index (χ0v) is 5.37. The van der Waals surface area contributed by atoms with Crippen molar-refractivity contribution in [3.8, 4) is 0 Å². The molecule has 2 aromatic heterocycles. The van der Waals surface area contributed by atoms with Gasteiger partial charge in [0.25, 0.3) is 6.08 Å². The second kappa shape index (κ2) is 1.88. The molecule has 0 saturated carbocycles. The highest BCUT2D eigenvalue weighted by molar-refractivity contribution is 5.80. The molecule has 0 aliphatic carbocycles. The minimum Gasteiger partial charge on any atom is -0.382 e. The number of hydrogen-bond donors (Lipinski definition) is 2. The highest BCUT2D eigenvalue weighted by Crippen LogP contribution is 2.11. The maximum atomic E-state index is 12.4. The van der Waals surface area contributed by atoms with Crippen LogP contribution >= 0.6 is 0 Å². The van der Waals surface area contributed by atoms with Gasteiger partial charge in [-0.15, -0.1) is 0 Å². The predicted octanol–water partition coefficient (Wildman–Crippen LogP) is 0.0742. The number of imidazole rings is 1. The number of nitrogens with two attached hydrogens (primary N) is 1. The Morgan fingerprint density at radius 2 is 2.27 bits per heavy atom. The molecule has 11 heavy (non-hydrogen) atoms. The van der Waals surface area contributed by atoms with E-state index < -0.39 is 6.08 Å². The predicted molar refractivity (Wildman–Crippen MR) is 36.1 cm³/mol. The molecule has 0 bridgehead atoms. The number of H-pyrrole nitrogens is 1. The van der Waals surface area contributed by atoms with Gasteiger partial charge >= 0.3 is 0 Å². The quantitative estimate of drug-likeness (QED) is 0.525. The van der Waals surface area contributed by atoms with E-state index in [4.69, 9.17) is 5.73 Å². The van der Waals surface area contributed by atoms with Gasteiger partial charge in [-0.3, -0.25) is 0 Å². The fourth-order valence-electron chi connectivity index (χ4n) is 0.818. The van der Waals surface area contributed by atoms with E-state index in [0.29, 0.717) is 5.52 Å². The van der Waals surface area contributed by atoms with E-state index >= 15 is 0 Å². The fraction of sp³-hybridized carbons (Fsp3) is 0. The summed E-state index contributed by atoms with van der Waals surface area (Å²) in [6.07, 6.45) is 0.532. The molecule has 0 aromatic carbocycles. The molecule has 0 fully saturated rings. The van der Waals surface area contributed by atoms with Crippen LogP contribution in [0.4, 0.5) is 10.2 Å². The van der Waals surface area contributed by atoms with Crippen LogP contribution in [0.2, 0.25) is 0 Å².